The Hall–Kier alpha value is -1.42. The highest BCUT2D eigenvalue weighted by Crippen LogP contribution is 2.35. The quantitative estimate of drug-likeness (QED) is 0.754. The van der Waals surface area contributed by atoms with Crippen LogP contribution in [0.4, 0.5) is 5.69 Å². The molecule has 19 heavy (non-hydrogen) atoms. The standard InChI is InChI=1S/C14H18ClNO3/c1-18-12-6-5-11(7-13(12)19-2)16(14(17)8-15)9-10-3-4-10/h5-7,10H,3-4,8-9H2,1-2H3. The summed E-state index contributed by atoms with van der Waals surface area (Å²) in [5.41, 5.74) is 0.801. The Morgan fingerprint density at radius 3 is 2.53 bits per heavy atom. The largest absolute Gasteiger partial charge is 0.493 e. The van der Waals surface area contributed by atoms with Gasteiger partial charge in [0.2, 0.25) is 5.91 Å². The molecule has 0 spiro atoms. The zero-order chi connectivity index (χ0) is 13.8. The molecular formula is C14H18ClNO3. The van der Waals surface area contributed by atoms with E-state index in [1.165, 1.54) is 12.8 Å². The fourth-order valence-corrected chi connectivity index (χ4v) is 2.12. The van der Waals surface area contributed by atoms with Crippen LogP contribution in [-0.2, 0) is 4.79 Å². The monoisotopic (exact) mass is 283 g/mol. The van der Waals surface area contributed by atoms with Gasteiger partial charge in [0.15, 0.2) is 11.5 Å². The van der Waals surface area contributed by atoms with Crippen LogP contribution in [0.25, 0.3) is 0 Å². The van der Waals surface area contributed by atoms with Gasteiger partial charge < -0.3 is 14.4 Å². The van der Waals surface area contributed by atoms with E-state index in [-0.39, 0.29) is 11.8 Å². The average molecular weight is 284 g/mol. The van der Waals surface area contributed by atoms with Crippen LogP contribution < -0.4 is 14.4 Å². The maximum Gasteiger partial charge on any atom is 0.241 e. The molecule has 1 aromatic rings. The minimum Gasteiger partial charge on any atom is -0.493 e. The summed E-state index contributed by atoms with van der Waals surface area (Å²) in [5.74, 6) is 1.77. The van der Waals surface area contributed by atoms with Crippen LogP contribution in [0.1, 0.15) is 12.8 Å². The molecule has 0 saturated heterocycles. The number of alkyl halides is 1. The molecule has 0 aromatic heterocycles. The summed E-state index contributed by atoms with van der Waals surface area (Å²) in [6, 6.07) is 5.47. The number of ether oxygens (including phenoxy) is 2. The molecule has 104 valence electrons. The van der Waals surface area contributed by atoms with Gasteiger partial charge >= 0.3 is 0 Å². The van der Waals surface area contributed by atoms with Gasteiger partial charge in [0.05, 0.1) is 14.2 Å². The molecule has 0 heterocycles. The zero-order valence-electron chi connectivity index (χ0n) is 11.2. The molecule has 0 bridgehead atoms. The Labute approximate surface area is 118 Å². The van der Waals surface area contributed by atoms with Gasteiger partial charge in [-0.1, -0.05) is 0 Å². The van der Waals surface area contributed by atoms with E-state index in [1.807, 2.05) is 12.1 Å². The van der Waals surface area contributed by atoms with Crippen LogP contribution in [0.15, 0.2) is 18.2 Å². The topological polar surface area (TPSA) is 38.8 Å². The lowest BCUT2D eigenvalue weighted by molar-refractivity contribution is -0.116. The lowest BCUT2D eigenvalue weighted by Crippen LogP contribution is -2.33. The van der Waals surface area contributed by atoms with Crippen molar-refractivity contribution in [2.45, 2.75) is 12.8 Å². The van der Waals surface area contributed by atoms with Gasteiger partial charge in [0.25, 0.3) is 0 Å². The number of benzene rings is 1. The number of anilines is 1. The first-order valence-electron chi connectivity index (χ1n) is 6.28. The van der Waals surface area contributed by atoms with Crippen LogP contribution >= 0.6 is 11.6 Å². The predicted octanol–water partition coefficient (Wildman–Crippen LogP) is 2.69. The van der Waals surface area contributed by atoms with E-state index in [0.717, 1.165) is 12.2 Å². The summed E-state index contributed by atoms with van der Waals surface area (Å²) in [6.45, 7) is 0.723. The molecular weight excluding hydrogens is 266 g/mol. The second kappa shape index (κ2) is 6.15. The maximum absolute atomic E-state index is 12.0. The summed E-state index contributed by atoms with van der Waals surface area (Å²) in [4.78, 5) is 13.7. The summed E-state index contributed by atoms with van der Waals surface area (Å²) < 4.78 is 10.5. The first kappa shape index (κ1) is 14.0. The highest BCUT2D eigenvalue weighted by molar-refractivity contribution is 6.29. The molecule has 1 fully saturated rings. The van der Waals surface area contributed by atoms with Crippen molar-refractivity contribution in [1.82, 2.24) is 0 Å². The number of carbonyl (C=O) groups excluding carboxylic acids is 1. The van der Waals surface area contributed by atoms with E-state index in [1.54, 1.807) is 25.2 Å². The van der Waals surface area contributed by atoms with Crippen LogP contribution in [-0.4, -0.2) is 32.6 Å². The first-order valence-corrected chi connectivity index (χ1v) is 6.81. The van der Waals surface area contributed by atoms with Gasteiger partial charge in [-0.15, -0.1) is 11.6 Å². The number of carbonyl (C=O) groups is 1. The van der Waals surface area contributed by atoms with E-state index < -0.39 is 0 Å². The second-order valence-corrected chi connectivity index (χ2v) is 4.89. The van der Waals surface area contributed by atoms with Crippen molar-refractivity contribution in [1.29, 1.82) is 0 Å². The minimum atomic E-state index is -0.0826. The van der Waals surface area contributed by atoms with E-state index in [9.17, 15) is 4.79 Å². The molecule has 1 aromatic carbocycles. The van der Waals surface area contributed by atoms with Crippen molar-refractivity contribution in [3.05, 3.63) is 18.2 Å². The van der Waals surface area contributed by atoms with Crippen LogP contribution in [0.5, 0.6) is 11.5 Å². The molecule has 5 heteroatoms. The molecule has 1 aliphatic rings. The van der Waals surface area contributed by atoms with Crippen molar-refractivity contribution in [3.8, 4) is 11.5 Å². The molecule has 0 atom stereocenters. The van der Waals surface area contributed by atoms with Crippen LogP contribution in [0.2, 0.25) is 0 Å². The molecule has 0 unspecified atom stereocenters. The van der Waals surface area contributed by atoms with Gasteiger partial charge in [-0.25, -0.2) is 0 Å². The van der Waals surface area contributed by atoms with Gasteiger partial charge in [0.1, 0.15) is 5.88 Å². The Morgan fingerprint density at radius 2 is 2.00 bits per heavy atom. The Balaban J connectivity index is 2.26. The summed E-state index contributed by atoms with van der Waals surface area (Å²) >= 11 is 5.69. The molecule has 1 saturated carbocycles. The number of amides is 1. The lowest BCUT2D eigenvalue weighted by atomic mass is 10.2. The van der Waals surface area contributed by atoms with E-state index in [2.05, 4.69) is 0 Å². The number of hydrogen-bond acceptors (Lipinski definition) is 3. The molecule has 1 amide bonds. The molecule has 0 aliphatic heterocycles. The Bertz CT molecular complexity index is 460. The van der Waals surface area contributed by atoms with Gasteiger partial charge in [-0.3, -0.25) is 4.79 Å². The van der Waals surface area contributed by atoms with Crippen molar-refractivity contribution in [2.75, 3.05) is 31.5 Å². The third-order valence-corrected chi connectivity index (χ3v) is 3.46. The third kappa shape index (κ3) is 3.32. The Morgan fingerprint density at radius 1 is 1.32 bits per heavy atom. The SMILES string of the molecule is COc1ccc(N(CC2CC2)C(=O)CCl)cc1OC. The number of halogens is 1. The molecule has 0 N–H and O–H groups in total. The molecule has 1 aliphatic carbocycles. The number of rotatable bonds is 6. The Kier molecular flexibility index (Phi) is 4.53. The lowest BCUT2D eigenvalue weighted by Gasteiger charge is -2.23. The highest BCUT2D eigenvalue weighted by Gasteiger charge is 2.27. The maximum atomic E-state index is 12.0. The molecule has 0 radical (unpaired) electrons. The normalized spacial score (nSPS) is 14.1. The number of methoxy groups -OCH3 is 2. The smallest absolute Gasteiger partial charge is 0.241 e. The minimum absolute atomic E-state index is 0.0128. The first-order chi connectivity index (χ1) is 9.19. The zero-order valence-corrected chi connectivity index (χ0v) is 11.9. The predicted molar refractivity (Wildman–Crippen MR) is 75.3 cm³/mol. The number of hydrogen-bond donors (Lipinski definition) is 0. The van der Waals surface area contributed by atoms with E-state index >= 15 is 0 Å². The summed E-state index contributed by atoms with van der Waals surface area (Å²) in [7, 11) is 3.17. The summed E-state index contributed by atoms with van der Waals surface area (Å²) in [6.07, 6.45) is 2.36. The van der Waals surface area contributed by atoms with Gasteiger partial charge in [-0.2, -0.15) is 0 Å². The van der Waals surface area contributed by atoms with Crippen molar-refractivity contribution < 1.29 is 14.3 Å². The third-order valence-electron chi connectivity index (χ3n) is 3.23. The summed E-state index contributed by atoms with van der Waals surface area (Å²) in [5, 5.41) is 0. The van der Waals surface area contributed by atoms with Crippen molar-refractivity contribution >= 4 is 23.2 Å². The van der Waals surface area contributed by atoms with Gasteiger partial charge in [-0.05, 0) is 30.9 Å². The van der Waals surface area contributed by atoms with Crippen molar-refractivity contribution in [3.63, 3.8) is 0 Å². The average Bonchev–Trinajstić information content (AvgIpc) is 3.27. The van der Waals surface area contributed by atoms with Crippen molar-refractivity contribution in [2.24, 2.45) is 5.92 Å². The molecule has 4 nitrogen and oxygen atoms in total. The van der Waals surface area contributed by atoms with E-state index in [0.29, 0.717) is 17.4 Å². The van der Waals surface area contributed by atoms with Gasteiger partial charge in [0, 0.05) is 18.3 Å². The molecule has 2 rings (SSSR count). The second-order valence-electron chi connectivity index (χ2n) is 4.62. The highest BCUT2D eigenvalue weighted by atomic mass is 35.5. The fourth-order valence-electron chi connectivity index (χ4n) is 1.97. The van der Waals surface area contributed by atoms with Crippen LogP contribution in [0.3, 0.4) is 0 Å². The fraction of sp³-hybridized carbons (Fsp3) is 0.500. The van der Waals surface area contributed by atoms with E-state index in [4.69, 9.17) is 21.1 Å². The van der Waals surface area contributed by atoms with Crippen LogP contribution in [0, 0.1) is 5.92 Å². The number of nitrogens with zero attached hydrogens (tertiary/aromatic N) is 1.